The molecule has 0 aliphatic heterocycles. The van der Waals surface area contributed by atoms with E-state index in [-0.39, 0.29) is 5.91 Å². The lowest BCUT2D eigenvalue weighted by molar-refractivity contribution is -0.116. The summed E-state index contributed by atoms with van der Waals surface area (Å²) in [5, 5.41) is 3.56. The largest absolute Gasteiger partial charge is 0.497 e. The molecule has 0 spiro atoms. The second kappa shape index (κ2) is 8.63. The van der Waals surface area contributed by atoms with E-state index >= 15 is 0 Å². The van der Waals surface area contributed by atoms with Crippen molar-refractivity contribution in [1.82, 2.24) is 4.98 Å². The van der Waals surface area contributed by atoms with Crippen LogP contribution in [-0.2, 0) is 17.6 Å². The highest BCUT2D eigenvalue weighted by atomic mass is 32.1. The van der Waals surface area contributed by atoms with E-state index in [0.29, 0.717) is 18.0 Å². The molecule has 26 heavy (non-hydrogen) atoms. The molecule has 1 N–H and O–H groups in total. The lowest BCUT2D eigenvalue weighted by Crippen LogP contribution is -2.11. The molecule has 0 saturated heterocycles. The fraction of sp³-hybridized carbons (Fsp3) is 0.238. The molecule has 1 aromatic heterocycles. The predicted molar refractivity (Wildman–Crippen MR) is 106 cm³/mol. The van der Waals surface area contributed by atoms with E-state index in [2.05, 4.69) is 41.5 Å². The quantitative estimate of drug-likeness (QED) is 0.664. The zero-order valence-corrected chi connectivity index (χ0v) is 15.8. The van der Waals surface area contributed by atoms with Crippen molar-refractivity contribution in [3.05, 3.63) is 76.3 Å². The maximum atomic E-state index is 12.2. The Bertz CT molecular complexity index is 872. The number of rotatable bonds is 7. The zero-order valence-electron chi connectivity index (χ0n) is 15.0. The maximum Gasteiger partial charge on any atom is 0.226 e. The van der Waals surface area contributed by atoms with Crippen LogP contribution in [0.4, 0.5) is 5.13 Å². The van der Waals surface area contributed by atoms with Crippen LogP contribution >= 0.6 is 11.3 Å². The predicted octanol–water partition coefficient (Wildman–Crippen LogP) is 4.62. The van der Waals surface area contributed by atoms with Crippen molar-refractivity contribution in [2.24, 2.45) is 0 Å². The summed E-state index contributed by atoms with van der Waals surface area (Å²) in [7, 11) is 1.64. The average molecular weight is 366 g/mol. The van der Waals surface area contributed by atoms with Crippen molar-refractivity contribution < 1.29 is 9.53 Å². The number of hydrogen-bond acceptors (Lipinski definition) is 4. The molecule has 3 rings (SSSR count). The number of benzene rings is 2. The van der Waals surface area contributed by atoms with E-state index < -0.39 is 0 Å². The van der Waals surface area contributed by atoms with Gasteiger partial charge in [-0.25, -0.2) is 4.98 Å². The van der Waals surface area contributed by atoms with Crippen LogP contribution in [0.5, 0.6) is 5.75 Å². The first-order valence-corrected chi connectivity index (χ1v) is 9.37. The number of methoxy groups -OCH3 is 1. The topological polar surface area (TPSA) is 51.2 Å². The number of amides is 1. The van der Waals surface area contributed by atoms with Crippen molar-refractivity contribution in [3.8, 4) is 5.75 Å². The second-order valence-corrected chi connectivity index (χ2v) is 7.31. The Morgan fingerprint density at radius 2 is 1.96 bits per heavy atom. The minimum absolute atomic E-state index is 0.0164. The minimum atomic E-state index is -0.0164. The van der Waals surface area contributed by atoms with Gasteiger partial charge in [-0.2, -0.15) is 0 Å². The first-order chi connectivity index (χ1) is 12.6. The number of carbonyl (C=O) groups is 1. The summed E-state index contributed by atoms with van der Waals surface area (Å²) in [5.74, 6) is 0.805. The Labute approximate surface area is 157 Å². The molecular formula is C21H22N2O2S. The van der Waals surface area contributed by atoms with Gasteiger partial charge in [0.25, 0.3) is 0 Å². The van der Waals surface area contributed by atoms with Gasteiger partial charge in [0, 0.05) is 23.9 Å². The first-order valence-electron chi connectivity index (χ1n) is 8.55. The summed E-state index contributed by atoms with van der Waals surface area (Å²) in [6.07, 6.45) is 3.80. The summed E-state index contributed by atoms with van der Waals surface area (Å²) in [6, 6.07) is 16.2. The standard InChI is InChI=1S/C21H22N2O2S/c1-15-4-3-5-17(12-15)13-19-14-22-21(26-19)23-20(24)11-8-16-6-9-18(25-2)10-7-16/h3-7,9-10,12,14H,8,11,13H2,1-2H3,(H,22,23,24). The molecule has 1 amide bonds. The van der Waals surface area contributed by atoms with Gasteiger partial charge < -0.3 is 10.1 Å². The van der Waals surface area contributed by atoms with Gasteiger partial charge in [-0.15, -0.1) is 11.3 Å². The van der Waals surface area contributed by atoms with Crippen molar-refractivity contribution in [2.45, 2.75) is 26.2 Å². The van der Waals surface area contributed by atoms with Gasteiger partial charge in [-0.1, -0.05) is 42.0 Å². The van der Waals surface area contributed by atoms with Crippen molar-refractivity contribution in [3.63, 3.8) is 0 Å². The van der Waals surface area contributed by atoms with Crippen LogP contribution in [0.15, 0.2) is 54.7 Å². The molecule has 2 aromatic carbocycles. The van der Waals surface area contributed by atoms with E-state index in [4.69, 9.17) is 4.74 Å². The van der Waals surface area contributed by atoms with E-state index in [1.54, 1.807) is 7.11 Å². The average Bonchev–Trinajstić information content (AvgIpc) is 3.07. The number of nitrogens with one attached hydrogen (secondary N) is 1. The Morgan fingerprint density at radius 1 is 1.15 bits per heavy atom. The van der Waals surface area contributed by atoms with E-state index in [1.165, 1.54) is 22.5 Å². The van der Waals surface area contributed by atoms with Crippen molar-refractivity contribution in [2.75, 3.05) is 12.4 Å². The molecular weight excluding hydrogens is 344 g/mol. The van der Waals surface area contributed by atoms with Gasteiger partial charge in [0.1, 0.15) is 5.75 Å². The molecule has 0 bridgehead atoms. The van der Waals surface area contributed by atoms with Crippen LogP contribution in [0.2, 0.25) is 0 Å². The van der Waals surface area contributed by atoms with Gasteiger partial charge in [-0.05, 0) is 36.6 Å². The molecule has 0 atom stereocenters. The first kappa shape index (κ1) is 18.1. The monoisotopic (exact) mass is 366 g/mol. The van der Waals surface area contributed by atoms with E-state index in [0.717, 1.165) is 22.6 Å². The molecule has 0 unspecified atom stereocenters. The highest BCUT2D eigenvalue weighted by Crippen LogP contribution is 2.22. The van der Waals surface area contributed by atoms with Crippen LogP contribution in [-0.4, -0.2) is 18.0 Å². The van der Waals surface area contributed by atoms with Crippen LogP contribution in [0, 0.1) is 6.92 Å². The number of ether oxygens (including phenoxy) is 1. The number of aromatic nitrogens is 1. The minimum Gasteiger partial charge on any atom is -0.497 e. The summed E-state index contributed by atoms with van der Waals surface area (Å²) in [4.78, 5) is 17.6. The summed E-state index contributed by atoms with van der Waals surface area (Å²) < 4.78 is 5.14. The molecule has 0 radical (unpaired) electrons. The van der Waals surface area contributed by atoms with E-state index in [9.17, 15) is 4.79 Å². The molecule has 4 nitrogen and oxygen atoms in total. The Balaban J connectivity index is 1.50. The highest BCUT2D eigenvalue weighted by Gasteiger charge is 2.08. The van der Waals surface area contributed by atoms with Gasteiger partial charge in [0.15, 0.2) is 5.13 Å². The molecule has 134 valence electrons. The SMILES string of the molecule is COc1ccc(CCC(=O)Nc2ncc(Cc3cccc(C)c3)s2)cc1. The zero-order chi connectivity index (χ0) is 18.4. The smallest absolute Gasteiger partial charge is 0.226 e. The third kappa shape index (κ3) is 5.17. The molecule has 0 fully saturated rings. The van der Waals surface area contributed by atoms with Crippen LogP contribution in [0.1, 0.15) is 28.0 Å². The third-order valence-corrected chi connectivity index (χ3v) is 4.97. The fourth-order valence-electron chi connectivity index (χ4n) is 2.70. The molecule has 0 aliphatic rings. The number of hydrogen-bond donors (Lipinski definition) is 1. The van der Waals surface area contributed by atoms with Gasteiger partial charge in [0.2, 0.25) is 5.91 Å². The van der Waals surface area contributed by atoms with Gasteiger partial charge in [0.05, 0.1) is 7.11 Å². The normalized spacial score (nSPS) is 10.5. The van der Waals surface area contributed by atoms with Crippen molar-refractivity contribution >= 4 is 22.4 Å². The Hall–Kier alpha value is -2.66. The maximum absolute atomic E-state index is 12.2. The highest BCUT2D eigenvalue weighted by molar-refractivity contribution is 7.15. The lowest BCUT2D eigenvalue weighted by atomic mass is 10.1. The third-order valence-electron chi connectivity index (χ3n) is 4.06. The van der Waals surface area contributed by atoms with Crippen molar-refractivity contribution in [1.29, 1.82) is 0 Å². The van der Waals surface area contributed by atoms with Gasteiger partial charge in [-0.3, -0.25) is 4.79 Å². The summed E-state index contributed by atoms with van der Waals surface area (Å²) >= 11 is 1.53. The molecule has 0 aliphatic carbocycles. The van der Waals surface area contributed by atoms with Gasteiger partial charge >= 0.3 is 0 Å². The fourth-order valence-corrected chi connectivity index (χ4v) is 3.57. The number of nitrogens with zero attached hydrogens (tertiary/aromatic N) is 1. The number of carbonyl (C=O) groups excluding carboxylic acids is 1. The number of aryl methyl sites for hydroxylation is 2. The summed E-state index contributed by atoms with van der Waals surface area (Å²) in [6.45, 7) is 2.09. The van der Waals surface area contributed by atoms with Crippen LogP contribution < -0.4 is 10.1 Å². The van der Waals surface area contributed by atoms with Crippen LogP contribution in [0.3, 0.4) is 0 Å². The molecule has 1 heterocycles. The molecule has 0 saturated carbocycles. The summed E-state index contributed by atoms with van der Waals surface area (Å²) in [5.41, 5.74) is 3.62. The lowest BCUT2D eigenvalue weighted by Gasteiger charge is -2.04. The number of anilines is 1. The second-order valence-electron chi connectivity index (χ2n) is 6.19. The Morgan fingerprint density at radius 3 is 2.69 bits per heavy atom. The molecule has 5 heteroatoms. The Kier molecular flexibility index (Phi) is 6.02. The van der Waals surface area contributed by atoms with E-state index in [1.807, 2.05) is 30.5 Å². The molecule has 3 aromatic rings. The number of thiazole rings is 1. The van der Waals surface area contributed by atoms with Crippen LogP contribution in [0.25, 0.3) is 0 Å².